The zero-order valence-electron chi connectivity index (χ0n) is 7.79. The van der Waals surface area contributed by atoms with Gasteiger partial charge in [0.1, 0.15) is 4.21 Å². The third kappa shape index (κ3) is 2.57. The molecule has 0 fully saturated rings. The zero-order valence-corrected chi connectivity index (χ0v) is 11.0. The van der Waals surface area contributed by atoms with Crippen molar-refractivity contribution in [2.24, 2.45) is 0 Å². The Labute approximate surface area is 105 Å². The van der Waals surface area contributed by atoms with Crippen LogP contribution in [0.25, 0.3) is 0 Å². The van der Waals surface area contributed by atoms with Crippen molar-refractivity contribution >= 4 is 43.2 Å². The second kappa shape index (κ2) is 4.48. The predicted octanol–water partition coefficient (Wildman–Crippen LogP) is 2.10. The molecular weight excluding hydrogens is 314 g/mol. The number of hydrogen-bond donors (Lipinski definition) is 1. The molecular formula is C8H6BrN3O2S2. The maximum atomic E-state index is 11.8. The largest absolute Gasteiger partial charge is 0.273 e. The first-order valence-corrected chi connectivity index (χ1v) is 7.27. The number of nitrogens with zero attached hydrogens (tertiary/aromatic N) is 2. The second-order valence-corrected chi connectivity index (χ2v) is 6.50. The first-order valence-electron chi connectivity index (χ1n) is 4.12. The van der Waals surface area contributed by atoms with Crippen LogP contribution < -0.4 is 4.72 Å². The van der Waals surface area contributed by atoms with Crippen LogP contribution in [0.5, 0.6) is 0 Å². The molecule has 84 valence electrons. The molecule has 0 unspecified atom stereocenters. The van der Waals surface area contributed by atoms with Crippen molar-refractivity contribution in [3.63, 3.8) is 0 Å². The first kappa shape index (κ1) is 11.5. The standard InChI is InChI=1S/C8H6BrN3O2S2/c9-6-4-7(15-5-6)16(13,14)12-8-10-2-1-3-11-8/h1-5H,(H,10,11,12). The maximum Gasteiger partial charge on any atom is 0.273 e. The van der Waals surface area contributed by atoms with Gasteiger partial charge in [0.15, 0.2) is 0 Å². The third-order valence-corrected chi connectivity index (χ3v) is 5.13. The number of sulfonamides is 1. The molecule has 0 bridgehead atoms. The van der Waals surface area contributed by atoms with Gasteiger partial charge in [-0.2, -0.15) is 0 Å². The van der Waals surface area contributed by atoms with Crippen molar-refractivity contribution in [2.45, 2.75) is 4.21 Å². The molecule has 2 heterocycles. The van der Waals surface area contributed by atoms with Crippen molar-refractivity contribution in [1.82, 2.24) is 9.97 Å². The van der Waals surface area contributed by atoms with Gasteiger partial charge in [-0.3, -0.25) is 0 Å². The van der Waals surface area contributed by atoms with Crippen molar-refractivity contribution in [3.8, 4) is 0 Å². The average molecular weight is 320 g/mol. The fraction of sp³-hybridized carbons (Fsp3) is 0. The molecule has 1 N–H and O–H groups in total. The van der Waals surface area contributed by atoms with E-state index in [9.17, 15) is 8.42 Å². The zero-order chi connectivity index (χ0) is 11.6. The van der Waals surface area contributed by atoms with Crippen LogP contribution in [0, 0.1) is 0 Å². The lowest BCUT2D eigenvalue weighted by molar-refractivity contribution is 0.602. The molecule has 0 aliphatic carbocycles. The van der Waals surface area contributed by atoms with Gasteiger partial charge in [-0.1, -0.05) is 0 Å². The van der Waals surface area contributed by atoms with Crippen LogP contribution in [0.1, 0.15) is 0 Å². The van der Waals surface area contributed by atoms with Gasteiger partial charge in [0.05, 0.1) is 0 Å². The molecule has 0 saturated heterocycles. The van der Waals surface area contributed by atoms with Gasteiger partial charge in [-0.05, 0) is 28.1 Å². The van der Waals surface area contributed by atoms with Crippen LogP contribution in [0.3, 0.4) is 0 Å². The van der Waals surface area contributed by atoms with Gasteiger partial charge >= 0.3 is 0 Å². The molecule has 2 rings (SSSR count). The van der Waals surface area contributed by atoms with Crippen LogP contribution in [0.15, 0.2) is 38.6 Å². The highest BCUT2D eigenvalue weighted by atomic mass is 79.9. The maximum absolute atomic E-state index is 11.8. The average Bonchev–Trinajstić information content (AvgIpc) is 2.66. The Bertz CT molecular complexity index is 582. The molecule has 0 amide bonds. The highest BCUT2D eigenvalue weighted by Crippen LogP contribution is 2.25. The molecule has 2 aromatic rings. The predicted molar refractivity (Wildman–Crippen MR) is 64.9 cm³/mol. The Morgan fingerprint density at radius 2 is 2.00 bits per heavy atom. The summed E-state index contributed by atoms with van der Waals surface area (Å²) >= 11 is 4.32. The molecule has 0 radical (unpaired) electrons. The SMILES string of the molecule is O=S(=O)(Nc1ncccn1)c1cc(Br)cs1. The molecule has 0 aliphatic rings. The van der Waals surface area contributed by atoms with Gasteiger partial charge in [0, 0.05) is 22.2 Å². The van der Waals surface area contributed by atoms with Gasteiger partial charge in [0.2, 0.25) is 5.95 Å². The monoisotopic (exact) mass is 319 g/mol. The lowest BCUT2D eigenvalue weighted by Crippen LogP contribution is -2.13. The third-order valence-electron chi connectivity index (χ3n) is 1.60. The summed E-state index contributed by atoms with van der Waals surface area (Å²) in [6.45, 7) is 0. The summed E-state index contributed by atoms with van der Waals surface area (Å²) in [5.74, 6) is 0.0621. The highest BCUT2D eigenvalue weighted by Gasteiger charge is 2.17. The number of hydrogen-bond acceptors (Lipinski definition) is 5. The Balaban J connectivity index is 2.28. The van der Waals surface area contributed by atoms with Gasteiger partial charge < -0.3 is 0 Å². The summed E-state index contributed by atoms with van der Waals surface area (Å²) in [4.78, 5) is 7.58. The Hall–Kier alpha value is -0.990. The van der Waals surface area contributed by atoms with E-state index >= 15 is 0 Å². The fourth-order valence-corrected chi connectivity index (χ4v) is 3.77. The number of anilines is 1. The Morgan fingerprint density at radius 3 is 2.56 bits per heavy atom. The molecule has 0 spiro atoms. The summed E-state index contributed by atoms with van der Waals surface area (Å²) in [7, 11) is -3.58. The van der Waals surface area contributed by atoms with E-state index in [-0.39, 0.29) is 10.2 Å². The van der Waals surface area contributed by atoms with Crippen molar-refractivity contribution in [2.75, 3.05) is 4.72 Å². The number of halogens is 1. The van der Waals surface area contributed by atoms with Crippen molar-refractivity contribution in [1.29, 1.82) is 0 Å². The van der Waals surface area contributed by atoms with Crippen LogP contribution in [-0.2, 0) is 10.0 Å². The molecule has 2 aromatic heterocycles. The number of nitrogens with one attached hydrogen (secondary N) is 1. The Morgan fingerprint density at radius 1 is 1.31 bits per heavy atom. The van der Waals surface area contributed by atoms with E-state index in [4.69, 9.17) is 0 Å². The quantitative estimate of drug-likeness (QED) is 0.940. The van der Waals surface area contributed by atoms with Crippen LogP contribution >= 0.6 is 27.3 Å². The minimum atomic E-state index is -3.58. The molecule has 0 aliphatic heterocycles. The van der Waals surface area contributed by atoms with Gasteiger partial charge in [-0.25, -0.2) is 23.1 Å². The topological polar surface area (TPSA) is 72.0 Å². The number of thiophene rings is 1. The van der Waals surface area contributed by atoms with Gasteiger partial charge in [0.25, 0.3) is 10.0 Å². The van der Waals surface area contributed by atoms with E-state index in [2.05, 4.69) is 30.6 Å². The molecule has 0 saturated carbocycles. The van der Waals surface area contributed by atoms with E-state index in [1.54, 1.807) is 11.4 Å². The molecule has 16 heavy (non-hydrogen) atoms. The minimum Gasteiger partial charge on any atom is -0.247 e. The number of aromatic nitrogens is 2. The number of rotatable bonds is 3. The van der Waals surface area contributed by atoms with Crippen molar-refractivity contribution < 1.29 is 8.42 Å². The minimum absolute atomic E-state index is 0.0621. The second-order valence-electron chi connectivity index (χ2n) is 2.76. The van der Waals surface area contributed by atoms with Crippen LogP contribution in [0.4, 0.5) is 5.95 Å². The van der Waals surface area contributed by atoms with E-state index in [0.717, 1.165) is 15.8 Å². The van der Waals surface area contributed by atoms with E-state index in [1.165, 1.54) is 18.5 Å². The smallest absolute Gasteiger partial charge is 0.247 e. The fourth-order valence-electron chi connectivity index (χ4n) is 0.958. The van der Waals surface area contributed by atoms with E-state index in [0.29, 0.717) is 0 Å². The molecule has 0 atom stereocenters. The summed E-state index contributed by atoms with van der Waals surface area (Å²) in [6, 6.07) is 3.13. The van der Waals surface area contributed by atoms with Crippen LogP contribution in [-0.4, -0.2) is 18.4 Å². The summed E-state index contributed by atoms with van der Waals surface area (Å²) in [6.07, 6.45) is 2.93. The highest BCUT2D eigenvalue weighted by molar-refractivity contribution is 9.10. The van der Waals surface area contributed by atoms with E-state index in [1.807, 2.05) is 0 Å². The molecule has 0 aromatic carbocycles. The van der Waals surface area contributed by atoms with Gasteiger partial charge in [-0.15, -0.1) is 11.3 Å². The van der Waals surface area contributed by atoms with E-state index < -0.39 is 10.0 Å². The van der Waals surface area contributed by atoms with Crippen molar-refractivity contribution in [3.05, 3.63) is 34.4 Å². The lowest BCUT2D eigenvalue weighted by Gasteiger charge is -2.02. The Kier molecular flexibility index (Phi) is 3.22. The first-order chi connectivity index (χ1) is 7.58. The normalized spacial score (nSPS) is 11.3. The molecule has 5 nitrogen and oxygen atoms in total. The summed E-state index contributed by atoms with van der Waals surface area (Å²) < 4.78 is 26.9. The summed E-state index contributed by atoms with van der Waals surface area (Å²) in [5.41, 5.74) is 0. The van der Waals surface area contributed by atoms with Crippen LogP contribution in [0.2, 0.25) is 0 Å². The molecule has 8 heteroatoms. The summed E-state index contributed by atoms with van der Waals surface area (Å²) in [5, 5.41) is 1.69. The lowest BCUT2D eigenvalue weighted by atomic mass is 10.7.